The molecule has 0 aliphatic carbocycles. The van der Waals surface area contributed by atoms with Gasteiger partial charge in [-0.05, 0) is 37.3 Å². The highest BCUT2D eigenvalue weighted by Crippen LogP contribution is 2.27. The van der Waals surface area contributed by atoms with Crippen LogP contribution in [0, 0.1) is 6.92 Å². The van der Waals surface area contributed by atoms with Crippen molar-refractivity contribution in [1.29, 1.82) is 0 Å². The molecule has 0 spiro atoms. The Kier molecular flexibility index (Phi) is 5.06. The largest absolute Gasteiger partial charge is 0.497 e. The molecule has 0 atom stereocenters. The molecular weight excluding hydrogens is 268 g/mol. The van der Waals surface area contributed by atoms with Gasteiger partial charge >= 0.3 is 0 Å². The molecule has 2 rings (SSSR count). The zero-order valence-electron chi connectivity index (χ0n) is 12.6. The van der Waals surface area contributed by atoms with Gasteiger partial charge in [-0.3, -0.25) is 0 Å². The highest BCUT2D eigenvalue weighted by Gasteiger charge is 2.08. The van der Waals surface area contributed by atoms with Gasteiger partial charge in [0.2, 0.25) is 0 Å². The molecule has 21 heavy (non-hydrogen) atoms. The van der Waals surface area contributed by atoms with Crippen LogP contribution in [0.3, 0.4) is 0 Å². The first-order valence-electron chi connectivity index (χ1n) is 6.72. The van der Waals surface area contributed by atoms with Gasteiger partial charge in [-0.2, -0.15) is 0 Å². The predicted octanol–water partition coefficient (Wildman–Crippen LogP) is 3.08. The minimum Gasteiger partial charge on any atom is -0.497 e. The number of hydrogen-bond acceptors (Lipinski definition) is 4. The molecule has 0 aromatic heterocycles. The maximum Gasteiger partial charge on any atom is 0.125 e. The molecule has 4 nitrogen and oxygen atoms in total. The molecule has 0 heterocycles. The molecule has 2 aromatic rings. The van der Waals surface area contributed by atoms with Gasteiger partial charge in [0.05, 0.1) is 20.8 Å². The summed E-state index contributed by atoms with van der Waals surface area (Å²) < 4.78 is 16.3. The highest BCUT2D eigenvalue weighted by molar-refractivity contribution is 5.41. The molecule has 0 radical (unpaired) electrons. The fraction of sp³-hybridized carbons (Fsp3) is 0.294. The van der Waals surface area contributed by atoms with E-state index in [1.807, 2.05) is 31.2 Å². The van der Waals surface area contributed by atoms with Crippen molar-refractivity contribution in [3.8, 4) is 17.2 Å². The molecule has 0 bridgehead atoms. The standard InChI is InChI=1S/C17H20O4/c1-12-4-6-16(20-3)14(8-12)11-21-17-7-5-15(19-2)9-13(17)10-18/h4-9,18H,10-11H2,1-3H3. The Bertz CT molecular complexity index is 608. The van der Waals surface area contributed by atoms with Crippen molar-refractivity contribution in [1.82, 2.24) is 0 Å². The average molecular weight is 288 g/mol. The van der Waals surface area contributed by atoms with Crippen LogP contribution in [0.4, 0.5) is 0 Å². The second kappa shape index (κ2) is 6.99. The van der Waals surface area contributed by atoms with E-state index in [1.54, 1.807) is 26.4 Å². The lowest BCUT2D eigenvalue weighted by Crippen LogP contribution is -2.01. The van der Waals surface area contributed by atoms with E-state index < -0.39 is 0 Å². The zero-order chi connectivity index (χ0) is 15.2. The van der Waals surface area contributed by atoms with Crippen LogP contribution >= 0.6 is 0 Å². The lowest BCUT2D eigenvalue weighted by Gasteiger charge is -2.14. The summed E-state index contributed by atoms with van der Waals surface area (Å²) in [6.07, 6.45) is 0. The second-order valence-corrected chi connectivity index (χ2v) is 4.74. The molecule has 0 amide bonds. The fourth-order valence-electron chi connectivity index (χ4n) is 2.12. The van der Waals surface area contributed by atoms with Gasteiger partial charge in [0.1, 0.15) is 23.9 Å². The van der Waals surface area contributed by atoms with Gasteiger partial charge in [-0.15, -0.1) is 0 Å². The number of benzene rings is 2. The Morgan fingerprint density at radius 2 is 1.67 bits per heavy atom. The molecule has 4 heteroatoms. The summed E-state index contributed by atoms with van der Waals surface area (Å²) in [4.78, 5) is 0. The van der Waals surface area contributed by atoms with Crippen molar-refractivity contribution in [2.45, 2.75) is 20.1 Å². The molecule has 0 saturated heterocycles. The van der Waals surface area contributed by atoms with Crippen LogP contribution < -0.4 is 14.2 Å². The van der Waals surface area contributed by atoms with Gasteiger partial charge in [-0.25, -0.2) is 0 Å². The Labute approximate surface area is 124 Å². The normalized spacial score (nSPS) is 10.3. The highest BCUT2D eigenvalue weighted by atomic mass is 16.5. The molecule has 1 N–H and O–H groups in total. The number of aliphatic hydroxyl groups excluding tert-OH is 1. The molecule has 0 fully saturated rings. The van der Waals surface area contributed by atoms with Gasteiger partial charge in [0, 0.05) is 11.1 Å². The van der Waals surface area contributed by atoms with E-state index in [1.165, 1.54) is 0 Å². The quantitative estimate of drug-likeness (QED) is 0.887. The van der Waals surface area contributed by atoms with Gasteiger partial charge in [0.15, 0.2) is 0 Å². The molecule has 0 unspecified atom stereocenters. The maximum absolute atomic E-state index is 9.42. The number of hydrogen-bond donors (Lipinski definition) is 1. The van der Waals surface area contributed by atoms with E-state index in [2.05, 4.69) is 0 Å². The van der Waals surface area contributed by atoms with E-state index in [0.29, 0.717) is 23.7 Å². The smallest absolute Gasteiger partial charge is 0.125 e. The first-order valence-corrected chi connectivity index (χ1v) is 6.72. The molecular formula is C17H20O4. The van der Waals surface area contributed by atoms with Crippen LogP contribution in [0.2, 0.25) is 0 Å². The zero-order valence-corrected chi connectivity index (χ0v) is 12.6. The molecule has 112 valence electrons. The summed E-state index contributed by atoms with van der Waals surface area (Å²) >= 11 is 0. The summed E-state index contributed by atoms with van der Waals surface area (Å²) in [5.74, 6) is 2.13. The van der Waals surface area contributed by atoms with Crippen molar-refractivity contribution >= 4 is 0 Å². The van der Waals surface area contributed by atoms with Crippen LogP contribution in [-0.2, 0) is 13.2 Å². The maximum atomic E-state index is 9.42. The van der Waals surface area contributed by atoms with E-state index in [0.717, 1.165) is 16.9 Å². The molecule has 0 saturated carbocycles. The van der Waals surface area contributed by atoms with Crippen LogP contribution in [0.25, 0.3) is 0 Å². The lowest BCUT2D eigenvalue weighted by atomic mass is 10.1. The average Bonchev–Trinajstić information content (AvgIpc) is 2.52. The monoisotopic (exact) mass is 288 g/mol. The van der Waals surface area contributed by atoms with Crippen LogP contribution in [-0.4, -0.2) is 19.3 Å². The Hall–Kier alpha value is -2.20. The van der Waals surface area contributed by atoms with E-state index in [9.17, 15) is 5.11 Å². The van der Waals surface area contributed by atoms with Gasteiger partial charge in [0.25, 0.3) is 0 Å². The number of aliphatic hydroxyl groups is 1. The molecule has 0 aliphatic heterocycles. The van der Waals surface area contributed by atoms with Crippen molar-refractivity contribution in [2.24, 2.45) is 0 Å². The summed E-state index contributed by atoms with van der Waals surface area (Å²) in [5.41, 5.74) is 2.81. The van der Waals surface area contributed by atoms with E-state index >= 15 is 0 Å². The lowest BCUT2D eigenvalue weighted by molar-refractivity contribution is 0.256. The Morgan fingerprint density at radius 3 is 2.33 bits per heavy atom. The number of methoxy groups -OCH3 is 2. The van der Waals surface area contributed by atoms with Gasteiger partial charge in [-0.1, -0.05) is 11.6 Å². The predicted molar refractivity (Wildman–Crippen MR) is 81.0 cm³/mol. The minimum atomic E-state index is -0.0997. The number of rotatable bonds is 6. The van der Waals surface area contributed by atoms with Crippen molar-refractivity contribution < 1.29 is 19.3 Å². The molecule has 0 aliphatic rings. The Balaban J connectivity index is 2.18. The Morgan fingerprint density at radius 1 is 0.905 bits per heavy atom. The first kappa shape index (κ1) is 15.2. The van der Waals surface area contributed by atoms with Crippen molar-refractivity contribution in [2.75, 3.05) is 14.2 Å². The van der Waals surface area contributed by atoms with Crippen molar-refractivity contribution in [3.63, 3.8) is 0 Å². The third-order valence-electron chi connectivity index (χ3n) is 3.26. The van der Waals surface area contributed by atoms with Gasteiger partial charge < -0.3 is 19.3 Å². The number of aryl methyl sites for hydroxylation is 1. The summed E-state index contributed by atoms with van der Waals surface area (Å²) in [6.45, 7) is 2.30. The van der Waals surface area contributed by atoms with Crippen LogP contribution in [0.5, 0.6) is 17.2 Å². The minimum absolute atomic E-state index is 0.0997. The summed E-state index contributed by atoms with van der Waals surface area (Å²) in [5, 5.41) is 9.42. The number of ether oxygens (including phenoxy) is 3. The third kappa shape index (κ3) is 3.67. The SMILES string of the molecule is COc1ccc(OCc2cc(C)ccc2OC)c(CO)c1. The van der Waals surface area contributed by atoms with Crippen molar-refractivity contribution in [3.05, 3.63) is 53.1 Å². The third-order valence-corrected chi connectivity index (χ3v) is 3.26. The summed E-state index contributed by atoms with van der Waals surface area (Å²) in [6, 6.07) is 11.3. The van der Waals surface area contributed by atoms with E-state index in [4.69, 9.17) is 14.2 Å². The van der Waals surface area contributed by atoms with E-state index in [-0.39, 0.29) is 6.61 Å². The second-order valence-electron chi connectivity index (χ2n) is 4.74. The fourth-order valence-corrected chi connectivity index (χ4v) is 2.12. The van der Waals surface area contributed by atoms with Crippen LogP contribution in [0.15, 0.2) is 36.4 Å². The summed E-state index contributed by atoms with van der Waals surface area (Å²) in [7, 11) is 3.23. The first-order chi connectivity index (χ1) is 10.2. The molecule has 2 aromatic carbocycles. The van der Waals surface area contributed by atoms with Crippen LogP contribution in [0.1, 0.15) is 16.7 Å². The topological polar surface area (TPSA) is 47.9 Å².